The molecule has 1 unspecified atom stereocenters. The maximum atomic E-state index is 11.8. The third-order valence-corrected chi connectivity index (χ3v) is 5.47. The number of halogens is 1. The van der Waals surface area contributed by atoms with E-state index in [1.165, 1.54) is 0 Å². The Bertz CT molecular complexity index is 664. The van der Waals surface area contributed by atoms with Crippen LogP contribution in [0.5, 0.6) is 11.5 Å². The number of fused-ring (bicyclic) bond motifs is 1. The van der Waals surface area contributed by atoms with Crippen molar-refractivity contribution in [1.29, 1.82) is 0 Å². The lowest BCUT2D eigenvalue weighted by molar-refractivity contribution is -0.188. The van der Waals surface area contributed by atoms with E-state index >= 15 is 0 Å². The van der Waals surface area contributed by atoms with Crippen LogP contribution in [0.15, 0.2) is 12.1 Å². The summed E-state index contributed by atoms with van der Waals surface area (Å²) in [6, 6.07) is 3.81. The van der Waals surface area contributed by atoms with Gasteiger partial charge in [0.05, 0.1) is 32.5 Å². The number of methoxy groups -OCH3 is 2. The normalized spacial score (nSPS) is 24.2. The minimum atomic E-state index is -0.463. The smallest absolute Gasteiger partial charge is 0.315 e. The maximum Gasteiger partial charge on any atom is 0.315 e. The second kappa shape index (κ2) is 10.2. The SMILES string of the molecule is COc1ccc(OC)c2c1CCOC2OC1CCC(NC(=O)NCCCl)CC1. The van der Waals surface area contributed by atoms with E-state index in [0.717, 1.165) is 54.7 Å². The lowest BCUT2D eigenvalue weighted by atomic mass is 9.92. The number of nitrogens with one attached hydrogen (secondary N) is 2. The van der Waals surface area contributed by atoms with Gasteiger partial charge in [0.2, 0.25) is 0 Å². The van der Waals surface area contributed by atoms with Crippen molar-refractivity contribution in [3.05, 3.63) is 23.3 Å². The van der Waals surface area contributed by atoms with Crippen molar-refractivity contribution in [2.75, 3.05) is 33.3 Å². The number of carbonyl (C=O) groups is 1. The van der Waals surface area contributed by atoms with Crippen LogP contribution in [0.3, 0.4) is 0 Å². The Morgan fingerprint density at radius 3 is 2.57 bits per heavy atom. The number of urea groups is 1. The van der Waals surface area contributed by atoms with Crippen LogP contribution in [0.2, 0.25) is 0 Å². The summed E-state index contributed by atoms with van der Waals surface area (Å²) in [7, 11) is 3.32. The third-order valence-electron chi connectivity index (χ3n) is 5.28. The van der Waals surface area contributed by atoms with E-state index in [-0.39, 0.29) is 18.2 Å². The zero-order valence-corrected chi connectivity index (χ0v) is 17.2. The van der Waals surface area contributed by atoms with Crippen molar-refractivity contribution in [2.24, 2.45) is 0 Å². The van der Waals surface area contributed by atoms with Crippen molar-refractivity contribution in [1.82, 2.24) is 10.6 Å². The van der Waals surface area contributed by atoms with Gasteiger partial charge in [-0.2, -0.15) is 0 Å². The molecule has 0 aromatic heterocycles. The van der Waals surface area contributed by atoms with Gasteiger partial charge in [-0.05, 0) is 37.8 Å². The average Bonchev–Trinajstić information content (AvgIpc) is 2.73. The fraction of sp³-hybridized carbons (Fsp3) is 0.650. The molecule has 28 heavy (non-hydrogen) atoms. The van der Waals surface area contributed by atoms with Crippen LogP contribution in [0.1, 0.15) is 43.1 Å². The summed E-state index contributed by atoms with van der Waals surface area (Å²) in [6.45, 7) is 1.05. The molecule has 0 spiro atoms. The van der Waals surface area contributed by atoms with Crippen LogP contribution in [-0.2, 0) is 15.9 Å². The first-order valence-electron chi connectivity index (χ1n) is 9.77. The van der Waals surface area contributed by atoms with E-state index in [2.05, 4.69) is 10.6 Å². The molecule has 2 amide bonds. The van der Waals surface area contributed by atoms with Crippen LogP contribution in [0, 0.1) is 0 Å². The molecule has 8 heteroatoms. The number of alkyl halides is 1. The predicted octanol–water partition coefficient (Wildman–Crippen LogP) is 3.14. The highest BCUT2D eigenvalue weighted by Gasteiger charge is 2.32. The van der Waals surface area contributed by atoms with Crippen LogP contribution in [-0.4, -0.2) is 51.4 Å². The number of benzene rings is 1. The van der Waals surface area contributed by atoms with Crippen LogP contribution < -0.4 is 20.1 Å². The standard InChI is InChI=1S/C20H29ClN2O5/c1-25-16-7-8-17(26-2)18-15(16)9-12-27-19(18)28-14-5-3-13(4-6-14)23-20(24)22-11-10-21/h7-8,13-14,19H,3-6,9-12H2,1-2H3,(H2,22,23,24). The fourth-order valence-electron chi connectivity index (χ4n) is 3.88. The second-order valence-electron chi connectivity index (χ2n) is 7.01. The van der Waals surface area contributed by atoms with Gasteiger partial charge in [0.1, 0.15) is 11.5 Å². The summed E-state index contributed by atoms with van der Waals surface area (Å²) in [4.78, 5) is 11.8. The Morgan fingerprint density at radius 2 is 1.89 bits per heavy atom. The first-order valence-corrected chi connectivity index (χ1v) is 10.3. The molecule has 2 N–H and O–H groups in total. The van der Waals surface area contributed by atoms with Crippen molar-refractivity contribution >= 4 is 17.6 Å². The van der Waals surface area contributed by atoms with Crippen LogP contribution in [0.25, 0.3) is 0 Å². The van der Waals surface area contributed by atoms with Gasteiger partial charge >= 0.3 is 6.03 Å². The molecule has 7 nitrogen and oxygen atoms in total. The van der Waals surface area contributed by atoms with Gasteiger partial charge in [-0.25, -0.2) is 4.79 Å². The highest BCUT2D eigenvalue weighted by molar-refractivity contribution is 6.18. The lowest BCUT2D eigenvalue weighted by Gasteiger charge is -2.34. The number of hydrogen-bond acceptors (Lipinski definition) is 5. The summed E-state index contributed by atoms with van der Waals surface area (Å²) < 4.78 is 23.3. The van der Waals surface area contributed by atoms with Crippen molar-refractivity contribution in [2.45, 2.75) is 50.5 Å². The van der Waals surface area contributed by atoms with E-state index in [9.17, 15) is 4.79 Å². The lowest BCUT2D eigenvalue weighted by Crippen LogP contribution is -2.45. The summed E-state index contributed by atoms with van der Waals surface area (Å²) in [5.41, 5.74) is 2.01. The zero-order valence-electron chi connectivity index (χ0n) is 16.5. The van der Waals surface area contributed by atoms with E-state index in [1.807, 2.05) is 12.1 Å². The minimum Gasteiger partial charge on any atom is -0.496 e. The molecule has 1 aliphatic heterocycles. The minimum absolute atomic E-state index is 0.0795. The molecule has 1 atom stereocenters. The van der Waals surface area contributed by atoms with Crippen molar-refractivity contribution in [3.63, 3.8) is 0 Å². The van der Waals surface area contributed by atoms with Crippen LogP contribution in [0.4, 0.5) is 4.79 Å². The van der Waals surface area contributed by atoms with E-state index < -0.39 is 6.29 Å². The molecule has 0 bridgehead atoms. The van der Waals surface area contributed by atoms with E-state index in [4.69, 9.17) is 30.5 Å². The molecule has 156 valence electrons. The molecule has 0 radical (unpaired) electrons. The zero-order chi connectivity index (χ0) is 19.9. The first kappa shape index (κ1) is 21.0. The van der Waals surface area contributed by atoms with E-state index in [0.29, 0.717) is 19.0 Å². The molecule has 1 aromatic rings. The molecule has 1 saturated carbocycles. The number of rotatable bonds is 7. The quantitative estimate of drug-likeness (QED) is 0.673. The summed E-state index contributed by atoms with van der Waals surface area (Å²) in [6.07, 6.45) is 3.85. The highest BCUT2D eigenvalue weighted by Crippen LogP contribution is 2.41. The summed E-state index contributed by atoms with van der Waals surface area (Å²) in [5, 5.41) is 5.73. The molecular weight excluding hydrogens is 384 g/mol. The van der Waals surface area contributed by atoms with Crippen molar-refractivity contribution in [3.8, 4) is 11.5 Å². The Hall–Kier alpha value is -1.70. The molecule has 1 aromatic carbocycles. The molecule has 1 heterocycles. The first-order chi connectivity index (χ1) is 13.7. The Morgan fingerprint density at radius 1 is 1.18 bits per heavy atom. The van der Waals surface area contributed by atoms with Gasteiger partial charge in [0.25, 0.3) is 0 Å². The summed E-state index contributed by atoms with van der Waals surface area (Å²) >= 11 is 5.59. The Balaban J connectivity index is 1.59. The van der Waals surface area contributed by atoms with Crippen LogP contribution >= 0.6 is 11.6 Å². The number of amides is 2. The monoisotopic (exact) mass is 412 g/mol. The van der Waals surface area contributed by atoms with Gasteiger partial charge in [0.15, 0.2) is 6.29 Å². The fourth-order valence-corrected chi connectivity index (χ4v) is 3.98. The Labute approximate surface area is 171 Å². The van der Waals surface area contributed by atoms with Gasteiger partial charge < -0.3 is 29.6 Å². The van der Waals surface area contributed by atoms with E-state index in [1.54, 1.807) is 14.2 Å². The molecule has 0 saturated heterocycles. The molecule has 2 aliphatic rings. The Kier molecular flexibility index (Phi) is 7.65. The third kappa shape index (κ3) is 5.01. The van der Waals surface area contributed by atoms with Crippen molar-refractivity contribution < 1.29 is 23.7 Å². The topological polar surface area (TPSA) is 78.1 Å². The second-order valence-corrected chi connectivity index (χ2v) is 7.39. The molecule has 1 aliphatic carbocycles. The largest absolute Gasteiger partial charge is 0.496 e. The number of ether oxygens (including phenoxy) is 4. The number of hydrogen-bond donors (Lipinski definition) is 2. The maximum absolute atomic E-state index is 11.8. The van der Waals surface area contributed by atoms with Gasteiger partial charge in [-0.3, -0.25) is 0 Å². The number of carbonyl (C=O) groups excluding carboxylic acids is 1. The van der Waals surface area contributed by atoms with Gasteiger partial charge in [-0.1, -0.05) is 0 Å². The average molecular weight is 413 g/mol. The highest BCUT2D eigenvalue weighted by atomic mass is 35.5. The summed E-state index contributed by atoms with van der Waals surface area (Å²) in [5.74, 6) is 2.00. The predicted molar refractivity (Wildman–Crippen MR) is 106 cm³/mol. The molecular formula is C20H29ClN2O5. The molecule has 1 fully saturated rings. The molecule has 3 rings (SSSR count). The van der Waals surface area contributed by atoms with Gasteiger partial charge in [0, 0.05) is 30.5 Å². The van der Waals surface area contributed by atoms with Gasteiger partial charge in [-0.15, -0.1) is 11.6 Å².